The molecule has 74 valence electrons. The van der Waals surface area contributed by atoms with E-state index >= 15 is 0 Å². The van der Waals surface area contributed by atoms with E-state index in [1.54, 1.807) is 22.2 Å². The van der Waals surface area contributed by atoms with E-state index in [1.165, 1.54) is 0 Å². The molecule has 6 nitrogen and oxygen atoms in total. The lowest BCUT2D eigenvalue weighted by Gasteiger charge is -2.21. The first kappa shape index (κ1) is 8.27. The second-order valence-electron chi connectivity index (χ2n) is 3.08. The van der Waals surface area contributed by atoms with Crippen LogP contribution in [0.4, 0.5) is 0 Å². The highest BCUT2D eigenvalue weighted by atomic mass is 32.1. The minimum atomic E-state index is 0.204. The molecule has 0 spiro atoms. The molecule has 2 aromatic heterocycles. The highest BCUT2D eigenvalue weighted by molar-refractivity contribution is 7.16. The Morgan fingerprint density at radius 2 is 2.64 bits per heavy atom. The topological polar surface area (TPSA) is 64.3 Å². The van der Waals surface area contributed by atoms with Gasteiger partial charge in [-0.2, -0.15) is 9.61 Å². The van der Waals surface area contributed by atoms with Gasteiger partial charge >= 0.3 is 0 Å². The van der Waals surface area contributed by atoms with E-state index in [0.29, 0.717) is 6.61 Å². The molecule has 0 saturated carbocycles. The van der Waals surface area contributed by atoms with Crippen LogP contribution in [-0.2, 0) is 4.74 Å². The van der Waals surface area contributed by atoms with Crippen molar-refractivity contribution in [2.75, 3.05) is 19.8 Å². The Bertz CT molecular complexity index is 403. The molecule has 1 fully saturated rings. The molecule has 1 aliphatic heterocycles. The van der Waals surface area contributed by atoms with Gasteiger partial charge in [0, 0.05) is 6.54 Å². The maximum absolute atomic E-state index is 5.37. The Morgan fingerprint density at radius 3 is 3.43 bits per heavy atom. The third-order valence-corrected chi connectivity index (χ3v) is 3.15. The van der Waals surface area contributed by atoms with Crippen LogP contribution in [0.1, 0.15) is 11.0 Å². The molecule has 0 aliphatic carbocycles. The Labute approximate surface area is 83.9 Å². The number of hydrogen-bond donors (Lipinski definition) is 1. The van der Waals surface area contributed by atoms with Crippen LogP contribution in [0.3, 0.4) is 0 Å². The summed E-state index contributed by atoms with van der Waals surface area (Å²) in [5, 5.41) is 16.4. The van der Waals surface area contributed by atoms with E-state index in [0.717, 1.165) is 23.1 Å². The van der Waals surface area contributed by atoms with E-state index in [-0.39, 0.29) is 6.04 Å². The molecule has 0 aromatic carbocycles. The molecule has 1 saturated heterocycles. The summed E-state index contributed by atoms with van der Waals surface area (Å²) in [4.78, 5) is 0.826. The molecule has 7 heteroatoms. The van der Waals surface area contributed by atoms with Gasteiger partial charge in [0.15, 0.2) is 0 Å². The van der Waals surface area contributed by atoms with E-state index in [1.807, 2.05) is 0 Å². The monoisotopic (exact) mass is 211 g/mol. The van der Waals surface area contributed by atoms with Crippen molar-refractivity contribution in [2.45, 2.75) is 6.04 Å². The third-order valence-electron chi connectivity index (χ3n) is 2.12. The Hall–Kier alpha value is -1.05. The minimum Gasteiger partial charge on any atom is -0.378 e. The van der Waals surface area contributed by atoms with Gasteiger partial charge in [0.1, 0.15) is 11.3 Å². The number of aromatic nitrogens is 4. The first-order valence-corrected chi connectivity index (χ1v) is 5.23. The van der Waals surface area contributed by atoms with Gasteiger partial charge < -0.3 is 10.1 Å². The van der Waals surface area contributed by atoms with E-state index in [4.69, 9.17) is 4.74 Å². The van der Waals surface area contributed by atoms with Crippen LogP contribution in [-0.4, -0.2) is 39.6 Å². The molecule has 1 atom stereocenters. The lowest BCUT2D eigenvalue weighted by atomic mass is 10.3. The maximum atomic E-state index is 5.37. The molecule has 1 unspecified atom stereocenters. The van der Waals surface area contributed by atoms with Crippen LogP contribution in [0.2, 0.25) is 0 Å². The summed E-state index contributed by atoms with van der Waals surface area (Å²) in [6, 6.07) is 0.204. The summed E-state index contributed by atoms with van der Waals surface area (Å²) < 4.78 is 7.06. The smallest absolute Gasteiger partial charge is 0.234 e. The van der Waals surface area contributed by atoms with E-state index in [9.17, 15) is 0 Å². The fourth-order valence-electron chi connectivity index (χ4n) is 1.44. The number of rotatable bonds is 1. The summed E-state index contributed by atoms with van der Waals surface area (Å²) in [6.07, 6.45) is 1.61. The molecular formula is C7H9N5OS. The standard InChI is InChI=1S/C7H9N5OS/c1-2-13-3-5(8-1)6-11-12-4-9-10-7(12)14-6/h4-5,8H,1-3H2. The van der Waals surface area contributed by atoms with Crippen LogP contribution in [0.25, 0.3) is 4.96 Å². The van der Waals surface area contributed by atoms with Crippen LogP contribution in [0, 0.1) is 0 Å². The zero-order valence-corrected chi connectivity index (χ0v) is 8.20. The Balaban J connectivity index is 1.92. The average Bonchev–Trinajstić information content (AvgIpc) is 2.78. The summed E-state index contributed by atoms with van der Waals surface area (Å²) in [6.45, 7) is 2.34. The number of nitrogens with zero attached hydrogens (tertiary/aromatic N) is 4. The first-order valence-electron chi connectivity index (χ1n) is 4.41. The largest absolute Gasteiger partial charge is 0.378 e. The van der Waals surface area contributed by atoms with Crippen LogP contribution in [0.5, 0.6) is 0 Å². The fraction of sp³-hybridized carbons (Fsp3) is 0.571. The van der Waals surface area contributed by atoms with Crippen LogP contribution in [0.15, 0.2) is 6.33 Å². The summed E-state index contributed by atoms with van der Waals surface area (Å²) in [7, 11) is 0. The van der Waals surface area contributed by atoms with E-state index in [2.05, 4.69) is 20.6 Å². The Morgan fingerprint density at radius 1 is 1.64 bits per heavy atom. The molecule has 0 amide bonds. The summed E-state index contributed by atoms with van der Waals surface area (Å²) >= 11 is 1.55. The van der Waals surface area contributed by atoms with Crippen molar-refractivity contribution in [3.8, 4) is 0 Å². The molecular weight excluding hydrogens is 202 g/mol. The molecule has 3 heterocycles. The lowest BCUT2D eigenvalue weighted by molar-refractivity contribution is 0.0765. The maximum Gasteiger partial charge on any atom is 0.234 e. The van der Waals surface area contributed by atoms with Crippen molar-refractivity contribution in [3.05, 3.63) is 11.3 Å². The first-order chi connectivity index (χ1) is 6.93. The molecule has 2 aromatic rings. The van der Waals surface area contributed by atoms with Crippen molar-refractivity contribution in [1.29, 1.82) is 0 Å². The second-order valence-corrected chi connectivity index (χ2v) is 4.07. The van der Waals surface area contributed by atoms with Gasteiger partial charge in [0.25, 0.3) is 0 Å². The van der Waals surface area contributed by atoms with Crippen molar-refractivity contribution in [1.82, 2.24) is 25.1 Å². The predicted molar refractivity (Wildman–Crippen MR) is 50.2 cm³/mol. The van der Waals surface area contributed by atoms with Gasteiger partial charge in [0.2, 0.25) is 4.96 Å². The van der Waals surface area contributed by atoms with Gasteiger partial charge in [-0.3, -0.25) is 0 Å². The zero-order valence-electron chi connectivity index (χ0n) is 7.38. The lowest BCUT2D eigenvalue weighted by Crippen LogP contribution is -2.34. The number of hydrogen-bond acceptors (Lipinski definition) is 6. The third kappa shape index (κ3) is 1.29. The van der Waals surface area contributed by atoms with Gasteiger partial charge in [0.05, 0.1) is 19.3 Å². The van der Waals surface area contributed by atoms with Crippen LogP contribution < -0.4 is 5.32 Å². The van der Waals surface area contributed by atoms with Crippen molar-refractivity contribution < 1.29 is 4.74 Å². The quantitative estimate of drug-likeness (QED) is 0.710. The fourth-order valence-corrected chi connectivity index (χ4v) is 2.32. The molecule has 0 bridgehead atoms. The number of ether oxygens (including phenoxy) is 1. The van der Waals surface area contributed by atoms with Gasteiger partial charge in [-0.15, -0.1) is 10.2 Å². The van der Waals surface area contributed by atoms with Crippen molar-refractivity contribution in [3.63, 3.8) is 0 Å². The minimum absolute atomic E-state index is 0.204. The van der Waals surface area contributed by atoms with Crippen molar-refractivity contribution in [2.24, 2.45) is 0 Å². The number of morpholine rings is 1. The van der Waals surface area contributed by atoms with Crippen LogP contribution >= 0.6 is 11.3 Å². The molecule has 0 radical (unpaired) electrons. The SMILES string of the molecule is c1nnc2sc(C3COCCN3)nn12. The molecule has 14 heavy (non-hydrogen) atoms. The highest BCUT2D eigenvalue weighted by Crippen LogP contribution is 2.20. The van der Waals surface area contributed by atoms with Gasteiger partial charge in [-0.05, 0) is 0 Å². The normalized spacial score (nSPS) is 23.0. The van der Waals surface area contributed by atoms with E-state index < -0.39 is 0 Å². The predicted octanol–water partition coefficient (Wildman–Crippen LogP) is -0.153. The number of fused-ring (bicyclic) bond motifs is 1. The molecule has 3 rings (SSSR count). The Kier molecular flexibility index (Phi) is 1.93. The molecule has 1 aliphatic rings. The summed E-state index contributed by atoms with van der Waals surface area (Å²) in [5.74, 6) is 0. The highest BCUT2D eigenvalue weighted by Gasteiger charge is 2.19. The second kappa shape index (κ2) is 3.26. The summed E-state index contributed by atoms with van der Waals surface area (Å²) in [5.41, 5.74) is 0. The van der Waals surface area contributed by atoms with Gasteiger partial charge in [-0.1, -0.05) is 11.3 Å². The van der Waals surface area contributed by atoms with Crippen molar-refractivity contribution >= 4 is 16.3 Å². The average molecular weight is 211 g/mol. The molecule has 1 N–H and O–H groups in total. The number of nitrogens with one attached hydrogen (secondary N) is 1. The van der Waals surface area contributed by atoms with Gasteiger partial charge in [-0.25, -0.2) is 0 Å². The zero-order chi connectivity index (χ0) is 9.38.